The van der Waals surface area contributed by atoms with Gasteiger partial charge in [0.25, 0.3) is 5.91 Å². The highest BCUT2D eigenvalue weighted by atomic mass is 19.1. The Hall–Kier alpha value is -2.88. The molecule has 0 N–H and O–H groups in total. The minimum absolute atomic E-state index is 0.0417. The Kier molecular flexibility index (Phi) is 4.21. The van der Waals surface area contributed by atoms with Gasteiger partial charge in [0, 0.05) is 38.9 Å². The second-order valence-corrected chi connectivity index (χ2v) is 5.79. The lowest BCUT2D eigenvalue weighted by atomic mass is 10.1. The van der Waals surface area contributed by atoms with Crippen molar-refractivity contribution in [1.29, 1.82) is 5.26 Å². The summed E-state index contributed by atoms with van der Waals surface area (Å²) in [5.41, 5.74) is 2.08. The Morgan fingerprint density at radius 1 is 1.29 bits per heavy atom. The van der Waals surface area contributed by atoms with E-state index in [1.807, 2.05) is 17.9 Å². The van der Waals surface area contributed by atoms with E-state index in [-0.39, 0.29) is 11.5 Å². The van der Waals surface area contributed by atoms with Crippen LogP contribution in [-0.4, -0.2) is 46.8 Å². The van der Waals surface area contributed by atoms with Crippen molar-refractivity contribution in [2.24, 2.45) is 7.05 Å². The van der Waals surface area contributed by atoms with Crippen LogP contribution in [0.1, 0.15) is 21.6 Å². The monoisotopic (exact) mass is 327 g/mol. The number of hydrogen-bond donors (Lipinski definition) is 0. The third-order valence-corrected chi connectivity index (χ3v) is 4.48. The van der Waals surface area contributed by atoms with Crippen LogP contribution >= 0.6 is 0 Å². The number of carbonyl (C=O) groups is 1. The molecule has 0 unspecified atom stereocenters. The van der Waals surface area contributed by atoms with Gasteiger partial charge in [-0.2, -0.15) is 10.4 Å². The number of rotatable bonds is 2. The first kappa shape index (κ1) is 16.0. The lowest BCUT2D eigenvalue weighted by molar-refractivity contribution is 0.0746. The van der Waals surface area contributed by atoms with E-state index in [1.54, 1.807) is 35.0 Å². The summed E-state index contributed by atoms with van der Waals surface area (Å²) in [5.74, 6) is -0.556. The highest BCUT2D eigenvalue weighted by Crippen LogP contribution is 2.24. The van der Waals surface area contributed by atoms with Gasteiger partial charge in [-0.15, -0.1) is 0 Å². The Balaban J connectivity index is 1.73. The number of piperazine rings is 1. The zero-order valence-corrected chi connectivity index (χ0v) is 13.7. The van der Waals surface area contributed by atoms with E-state index in [4.69, 9.17) is 5.26 Å². The number of hydrogen-bond acceptors (Lipinski definition) is 4. The van der Waals surface area contributed by atoms with Crippen molar-refractivity contribution in [3.8, 4) is 6.07 Å². The topological polar surface area (TPSA) is 65.2 Å². The van der Waals surface area contributed by atoms with Crippen molar-refractivity contribution in [1.82, 2.24) is 14.7 Å². The van der Waals surface area contributed by atoms with Crippen LogP contribution in [0.3, 0.4) is 0 Å². The lowest BCUT2D eigenvalue weighted by Crippen LogP contribution is -2.49. The first-order valence-electron chi connectivity index (χ1n) is 7.74. The van der Waals surface area contributed by atoms with E-state index in [1.165, 1.54) is 6.07 Å². The van der Waals surface area contributed by atoms with Gasteiger partial charge < -0.3 is 9.80 Å². The average Bonchev–Trinajstić information content (AvgIpc) is 2.93. The first-order valence-corrected chi connectivity index (χ1v) is 7.74. The summed E-state index contributed by atoms with van der Waals surface area (Å²) in [7, 11) is 1.80. The molecule has 7 heteroatoms. The predicted molar refractivity (Wildman–Crippen MR) is 87.2 cm³/mol. The smallest absolute Gasteiger partial charge is 0.257 e. The molecule has 1 aliphatic heterocycles. The number of aromatic nitrogens is 2. The molecule has 0 aliphatic carbocycles. The first-order chi connectivity index (χ1) is 11.5. The van der Waals surface area contributed by atoms with Crippen molar-refractivity contribution in [2.75, 3.05) is 31.1 Å². The molecule has 24 heavy (non-hydrogen) atoms. The molecule has 1 saturated heterocycles. The standard InChI is InChI=1S/C17H18FN5O/c1-12-14(11-20-21(12)2)17(24)23-8-6-22(7-9-23)16-5-3-4-15(18)13(16)10-19/h3-5,11H,6-9H2,1-2H3. The normalized spacial score (nSPS) is 14.6. The highest BCUT2D eigenvalue weighted by molar-refractivity contribution is 5.95. The second-order valence-electron chi connectivity index (χ2n) is 5.79. The third-order valence-electron chi connectivity index (χ3n) is 4.48. The number of nitriles is 1. The fourth-order valence-electron chi connectivity index (χ4n) is 2.92. The van der Waals surface area contributed by atoms with Gasteiger partial charge in [-0.05, 0) is 19.1 Å². The summed E-state index contributed by atoms with van der Waals surface area (Å²) in [5, 5.41) is 13.3. The minimum atomic E-state index is -0.514. The molecule has 0 radical (unpaired) electrons. The van der Waals surface area contributed by atoms with Gasteiger partial charge in [-0.25, -0.2) is 4.39 Å². The molecule has 0 atom stereocenters. The molecule has 0 saturated carbocycles. The SMILES string of the molecule is Cc1c(C(=O)N2CCN(c3cccc(F)c3C#N)CC2)cnn1C. The number of anilines is 1. The van der Waals surface area contributed by atoms with E-state index in [0.29, 0.717) is 37.4 Å². The molecule has 1 amide bonds. The van der Waals surface area contributed by atoms with Gasteiger partial charge in [-0.3, -0.25) is 9.48 Å². The summed E-state index contributed by atoms with van der Waals surface area (Å²) in [6.07, 6.45) is 1.59. The van der Waals surface area contributed by atoms with E-state index in [0.717, 1.165) is 5.69 Å². The Morgan fingerprint density at radius 2 is 2.00 bits per heavy atom. The van der Waals surface area contributed by atoms with Crippen molar-refractivity contribution in [3.63, 3.8) is 0 Å². The fourth-order valence-corrected chi connectivity index (χ4v) is 2.92. The second kappa shape index (κ2) is 6.32. The molecular formula is C17H18FN5O. The molecule has 0 spiro atoms. The predicted octanol–water partition coefficient (Wildman–Crippen LogP) is 1.70. The summed E-state index contributed by atoms with van der Waals surface area (Å²) in [4.78, 5) is 16.3. The maximum Gasteiger partial charge on any atom is 0.257 e. The van der Waals surface area contributed by atoms with Crippen LogP contribution in [0.15, 0.2) is 24.4 Å². The Morgan fingerprint density at radius 3 is 2.58 bits per heavy atom. The fraction of sp³-hybridized carbons (Fsp3) is 0.353. The number of benzene rings is 1. The van der Waals surface area contributed by atoms with Crippen molar-refractivity contribution >= 4 is 11.6 Å². The van der Waals surface area contributed by atoms with Crippen LogP contribution in [-0.2, 0) is 7.05 Å². The Bertz CT molecular complexity index is 815. The van der Waals surface area contributed by atoms with Gasteiger partial charge >= 0.3 is 0 Å². The molecule has 3 rings (SSSR count). The molecule has 0 bridgehead atoms. The minimum Gasteiger partial charge on any atom is -0.367 e. The third kappa shape index (κ3) is 2.71. The van der Waals surface area contributed by atoms with Crippen LogP contribution in [0.25, 0.3) is 0 Å². The van der Waals surface area contributed by atoms with E-state index in [2.05, 4.69) is 5.10 Å². The summed E-state index contributed by atoms with van der Waals surface area (Å²) in [6.45, 7) is 4.03. The molecule has 6 nitrogen and oxygen atoms in total. The van der Waals surface area contributed by atoms with Gasteiger partial charge in [0.15, 0.2) is 0 Å². The van der Waals surface area contributed by atoms with E-state index < -0.39 is 5.82 Å². The van der Waals surface area contributed by atoms with Gasteiger partial charge in [0.1, 0.15) is 17.4 Å². The lowest BCUT2D eigenvalue weighted by Gasteiger charge is -2.36. The number of aryl methyl sites for hydroxylation is 1. The quantitative estimate of drug-likeness (QED) is 0.842. The van der Waals surface area contributed by atoms with E-state index in [9.17, 15) is 9.18 Å². The maximum atomic E-state index is 13.8. The molecule has 1 aliphatic rings. The summed E-state index contributed by atoms with van der Waals surface area (Å²) in [6, 6.07) is 6.55. The zero-order valence-electron chi connectivity index (χ0n) is 13.7. The summed E-state index contributed by atoms with van der Waals surface area (Å²) >= 11 is 0. The average molecular weight is 327 g/mol. The highest BCUT2D eigenvalue weighted by Gasteiger charge is 2.26. The van der Waals surface area contributed by atoms with Crippen molar-refractivity contribution < 1.29 is 9.18 Å². The van der Waals surface area contributed by atoms with Crippen LogP contribution < -0.4 is 4.90 Å². The van der Waals surface area contributed by atoms with Gasteiger partial charge in [0.2, 0.25) is 0 Å². The van der Waals surface area contributed by atoms with Crippen molar-refractivity contribution in [2.45, 2.75) is 6.92 Å². The van der Waals surface area contributed by atoms with Gasteiger partial charge in [0.05, 0.1) is 17.4 Å². The maximum absolute atomic E-state index is 13.8. The number of nitrogens with zero attached hydrogens (tertiary/aromatic N) is 5. The molecular weight excluding hydrogens is 309 g/mol. The molecule has 1 aromatic carbocycles. The molecule has 1 aromatic heterocycles. The molecule has 1 fully saturated rings. The van der Waals surface area contributed by atoms with E-state index >= 15 is 0 Å². The van der Waals surface area contributed by atoms with Crippen LogP contribution in [0.5, 0.6) is 0 Å². The van der Waals surface area contributed by atoms with Crippen LogP contribution in [0, 0.1) is 24.1 Å². The van der Waals surface area contributed by atoms with Crippen LogP contribution in [0.4, 0.5) is 10.1 Å². The largest absolute Gasteiger partial charge is 0.367 e. The number of amides is 1. The zero-order chi connectivity index (χ0) is 17.3. The molecule has 2 heterocycles. The molecule has 124 valence electrons. The Labute approximate surface area is 139 Å². The van der Waals surface area contributed by atoms with Crippen molar-refractivity contribution in [3.05, 3.63) is 47.0 Å². The number of halogens is 1. The van der Waals surface area contributed by atoms with Crippen LogP contribution in [0.2, 0.25) is 0 Å². The summed E-state index contributed by atoms with van der Waals surface area (Å²) < 4.78 is 15.4. The van der Waals surface area contributed by atoms with Gasteiger partial charge in [-0.1, -0.05) is 6.07 Å². The number of carbonyl (C=O) groups excluding carboxylic acids is 1. The molecule has 2 aromatic rings.